The van der Waals surface area contributed by atoms with Crippen LogP contribution in [0.3, 0.4) is 0 Å². The lowest BCUT2D eigenvalue weighted by atomic mass is 10.2. The molecule has 2 heterocycles. The van der Waals surface area contributed by atoms with E-state index in [1.54, 1.807) is 11.3 Å². The summed E-state index contributed by atoms with van der Waals surface area (Å²) in [5, 5.41) is 8.17. The summed E-state index contributed by atoms with van der Waals surface area (Å²) in [6, 6.07) is -1.33. The molecule has 1 unspecified atom stereocenters. The first-order chi connectivity index (χ1) is 9.45. The maximum atomic E-state index is 11.7. The summed E-state index contributed by atoms with van der Waals surface area (Å²) >= 11 is 1.62. The van der Waals surface area contributed by atoms with Gasteiger partial charge in [-0.15, -0.1) is 11.3 Å². The molecule has 0 spiro atoms. The Morgan fingerprint density at radius 3 is 2.70 bits per heavy atom. The molecule has 20 heavy (non-hydrogen) atoms. The quantitative estimate of drug-likeness (QED) is 0.667. The smallest absolute Gasteiger partial charge is 0.322 e. The van der Waals surface area contributed by atoms with E-state index in [9.17, 15) is 14.4 Å². The summed E-state index contributed by atoms with van der Waals surface area (Å²) in [4.78, 5) is 39.4. The van der Waals surface area contributed by atoms with Gasteiger partial charge in [0.25, 0.3) is 5.91 Å². The fraction of sp³-hybridized carbons (Fsp3) is 0.500. The summed E-state index contributed by atoms with van der Waals surface area (Å²) in [5.74, 6) is -0.728. The molecule has 1 atom stereocenters. The molecular weight excluding hydrogens is 280 g/mol. The zero-order valence-electron chi connectivity index (χ0n) is 11.3. The van der Waals surface area contributed by atoms with E-state index in [1.165, 1.54) is 4.88 Å². The zero-order valence-corrected chi connectivity index (χ0v) is 12.1. The Bertz CT molecular complexity index is 535. The number of amides is 4. The van der Waals surface area contributed by atoms with Crippen molar-refractivity contribution in [2.24, 2.45) is 0 Å². The van der Waals surface area contributed by atoms with Crippen LogP contribution in [0.15, 0.2) is 0 Å². The molecular formula is C12H16N4O3S. The van der Waals surface area contributed by atoms with Gasteiger partial charge in [-0.05, 0) is 13.8 Å². The Balaban J connectivity index is 1.73. The Morgan fingerprint density at radius 2 is 2.15 bits per heavy atom. The first-order valence-corrected chi connectivity index (χ1v) is 7.08. The molecule has 0 radical (unpaired) electrons. The highest BCUT2D eigenvalue weighted by Crippen LogP contribution is 2.16. The third-order valence-electron chi connectivity index (χ3n) is 2.98. The van der Waals surface area contributed by atoms with Gasteiger partial charge in [0.05, 0.1) is 17.1 Å². The number of carbonyl (C=O) groups is 3. The molecule has 0 aliphatic carbocycles. The highest BCUT2D eigenvalue weighted by atomic mass is 32.1. The number of nitrogens with zero attached hydrogens (tertiary/aromatic N) is 1. The number of rotatable bonds is 5. The van der Waals surface area contributed by atoms with Gasteiger partial charge in [-0.3, -0.25) is 14.9 Å². The molecule has 8 heteroatoms. The molecule has 2 rings (SSSR count). The summed E-state index contributed by atoms with van der Waals surface area (Å²) in [7, 11) is 0. The lowest BCUT2D eigenvalue weighted by molar-refractivity contribution is -0.126. The molecule has 3 N–H and O–H groups in total. The zero-order chi connectivity index (χ0) is 14.7. The van der Waals surface area contributed by atoms with Gasteiger partial charge in [0, 0.05) is 17.8 Å². The normalized spacial score (nSPS) is 17.8. The minimum Gasteiger partial charge on any atom is -0.356 e. The van der Waals surface area contributed by atoms with Crippen molar-refractivity contribution < 1.29 is 14.4 Å². The van der Waals surface area contributed by atoms with E-state index in [0.29, 0.717) is 13.0 Å². The summed E-state index contributed by atoms with van der Waals surface area (Å²) in [6.07, 6.45) is 0.613. The number of nitrogens with one attached hydrogen (secondary N) is 3. The number of aromatic nitrogens is 1. The third kappa shape index (κ3) is 3.53. The minimum absolute atomic E-state index is 0.0481. The topological polar surface area (TPSA) is 100 Å². The second kappa shape index (κ2) is 6.00. The minimum atomic E-state index is -0.771. The second-order valence-electron chi connectivity index (χ2n) is 4.57. The number of hydrogen-bond donors (Lipinski definition) is 3. The molecule has 0 saturated carbocycles. The van der Waals surface area contributed by atoms with Crippen LogP contribution in [-0.2, 0) is 16.0 Å². The molecule has 1 saturated heterocycles. The Morgan fingerprint density at radius 1 is 1.40 bits per heavy atom. The standard InChI is InChI=1S/C12H16N4O3S/c1-6-7(2)20-10(14-6)3-4-13-9(17)5-8-11(18)16-12(19)15-8/h8H,3-5H2,1-2H3,(H,13,17)(H2,15,16,18,19). The lowest BCUT2D eigenvalue weighted by Crippen LogP contribution is -2.36. The van der Waals surface area contributed by atoms with Crippen molar-refractivity contribution in [1.29, 1.82) is 0 Å². The summed E-state index contributed by atoms with van der Waals surface area (Å²) in [5.41, 5.74) is 1.02. The number of aryl methyl sites for hydroxylation is 2. The lowest BCUT2D eigenvalue weighted by Gasteiger charge is -2.07. The van der Waals surface area contributed by atoms with Gasteiger partial charge < -0.3 is 10.6 Å². The van der Waals surface area contributed by atoms with Crippen molar-refractivity contribution in [1.82, 2.24) is 20.9 Å². The van der Waals surface area contributed by atoms with Crippen LogP contribution in [0.2, 0.25) is 0 Å². The fourth-order valence-electron chi connectivity index (χ4n) is 1.82. The predicted molar refractivity (Wildman–Crippen MR) is 73.4 cm³/mol. The van der Waals surface area contributed by atoms with Crippen LogP contribution in [-0.4, -0.2) is 35.4 Å². The van der Waals surface area contributed by atoms with E-state index in [-0.39, 0.29) is 12.3 Å². The van der Waals surface area contributed by atoms with Crippen LogP contribution in [0.1, 0.15) is 22.0 Å². The number of imide groups is 1. The largest absolute Gasteiger partial charge is 0.356 e. The highest BCUT2D eigenvalue weighted by Gasteiger charge is 2.31. The maximum absolute atomic E-state index is 11.7. The maximum Gasteiger partial charge on any atom is 0.322 e. The van der Waals surface area contributed by atoms with E-state index in [2.05, 4.69) is 20.9 Å². The van der Waals surface area contributed by atoms with Crippen LogP contribution in [0, 0.1) is 13.8 Å². The number of carbonyl (C=O) groups excluding carboxylic acids is 3. The molecule has 1 aromatic rings. The van der Waals surface area contributed by atoms with Crippen molar-refractivity contribution in [3.8, 4) is 0 Å². The molecule has 1 fully saturated rings. The Hall–Kier alpha value is -1.96. The van der Waals surface area contributed by atoms with Gasteiger partial charge in [0.15, 0.2) is 0 Å². The van der Waals surface area contributed by atoms with Crippen LogP contribution in [0.4, 0.5) is 4.79 Å². The summed E-state index contributed by atoms with van der Waals surface area (Å²) < 4.78 is 0. The Kier molecular flexibility index (Phi) is 4.33. The van der Waals surface area contributed by atoms with E-state index < -0.39 is 18.0 Å². The SMILES string of the molecule is Cc1nc(CCNC(=O)CC2NC(=O)NC2=O)sc1C. The van der Waals surface area contributed by atoms with Crippen LogP contribution in [0.25, 0.3) is 0 Å². The second-order valence-corrected chi connectivity index (χ2v) is 5.86. The molecule has 0 aromatic carbocycles. The number of urea groups is 1. The first-order valence-electron chi connectivity index (χ1n) is 6.26. The van der Waals surface area contributed by atoms with Gasteiger partial charge in [-0.1, -0.05) is 0 Å². The van der Waals surface area contributed by atoms with Gasteiger partial charge in [0.1, 0.15) is 6.04 Å². The first kappa shape index (κ1) is 14.4. The molecule has 1 aliphatic heterocycles. The van der Waals surface area contributed by atoms with E-state index in [1.807, 2.05) is 13.8 Å². The third-order valence-corrected chi connectivity index (χ3v) is 4.11. The number of thiazole rings is 1. The molecule has 0 bridgehead atoms. The molecule has 108 valence electrons. The number of hydrogen-bond acceptors (Lipinski definition) is 5. The molecule has 7 nitrogen and oxygen atoms in total. The van der Waals surface area contributed by atoms with Gasteiger partial charge >= 0.3 is 6.03 Å². The molecule has 4 amide bonds. The summed E-state index contributed by atoms with van der Waals surface area (Å²) in [6.45, 7) is 4.43. The van der Waals surface area contributed by atoms with Crippen molar-refractivity contribution in [3.63, 3.8) is 0 Å². The highest BCUT2D eigenvalue weighted by molar-refractivity contribution is 7.11. The van der Waals surface area contributed by atoms with E-state index >= 15 is 0 Å². The van der Waals surface area contributed by atoms with Crippen molar-refractivity contribution >= 4 is 29.2 Å². The van der Waals surface area contributed by atoms with E-state index in [0.717, 1.165) is 10.7 Å². The van der Waals surface area contributed by atoms with E-state index in [4.69, 9.17) is 0 Å². The Labute approximate surface area is 120 Å². The van der Waals surface area contributed by atoms with Gasteiger partial charge in [0.2, 0.25) is 5.91 Å². The predicted octanol–water partition coefficient (Wildman–Crippen LogP) is 0.0167. The monoisotopic (exact) mass is 296 g/mol. The van der Waals surface area contributed by atoms with Crippen molar-refractivity contribution in [2.75, 3.05) is 6.54 Å². The van der Waals surface area contributed by atoms with Crippen LogP contribution in [0.5, 0.6) is 0 Å². The van der Waals surface area contributed by atoms with Crippen LogP contribution < -0.4 is 16.0 Å². The average Bonchev–Trinajstić information content (AvgIpc) is 2.83. The molecule has 1 aliphatic rings. The fourth-order valence-corrected chi connectivity index (χ4v) is 2.75. The van der Waals surface area contributed by atoms with Crippen LogP contribution >= 0.6 is 11.3 Å². The average molecular weight is 296 g/mol. The van der Waals surface area contributed by atoms with Crippen molar-refractivity contribution in [3.05, 3.63) is 15.6 Å². The van der Waals surface area contributed by atoms with Gasteiger partial charge in [-0.2, -0.15) is 0 Å². The molecule has 1 aromatic heterocycles. The van der Waals surface area contributed by atoms with Crippen molar-refractivity contribution in [2.45, 2.75) is 32.7 Å². The van der Waals surface area contributed by atoms with Gasteiger partial charge in [-0.25, -0.2) is 9.78 Å².